The molecule has 0 atom stereocenters. The number of halogens is 2. The quantitative estimate of drug-likeness (QED) is 0.636. The Bertz CT molecular complexity index is 1220. The summed E-state index contributed by atoms with van der Waals surface area (Å²) in [4.78, 5) is 12.4. The molecule has 0 amide bonds. The molecule has 1 aromatic heterocycles. The summed E-state index contributed by atoms with van der Waals surface area (Å²) in [6.07, 6.45) is -1.04. The van der Waals surface area contributed by atoms with Crippen LogP contribution in [0.15, 0.2) is 69.9 Å². The van der Waals surface area contributed by atoms with Crippen molar-refractivity contribution in [1.82, 2.24) is 14.8 Å². The number of hydrogen-bond donors (Lipinski definition) is 2. The molecule has 0 unspecified atom stereocenters. The molecule has 29 heavy (non-hydrogen) atoms. The average molecular weight is 420 g/mol. The molecule has 0 saturated heterocycles. The van der Waals surface area contributed by atoms with Crippen LogP contribution in [0.2, 0.25) is 0 Å². The van der Waals surface area contributed by atoms with Gasteiger partial charge in [-0.25, -0.2) is 22.9 Å². The van der Waals surface area contributed by atoms with Gasteiger partial charge in [0.15, 0.2) is 9.84 Å². The van der Waals surface area contributed by atoms with Crippen molar-refractivity contribution in [3.8, 4) is 16.8 Å². The molecule has 0 fully saturated rings. The molecule has 3 aromatic rings. The fraction of sp³-hybridized carbons (Fsp3) is 0.158. The highest BCUT2D eigenvalue weighted by molar-refractivity contribution is 7.90. The summed E-state index contributed by atoms with van der Waals surface area (Å²) in [7, 11) is -3.31. The Morgan fingerprint density at radius 1 is 1.14 bits per heavy atom. The van der Waals surface area contributed by atoms with E-state index in [0.29, 0.717) is 11.3 Å². The summed E-state index contributed by atoms with van der Waals surface area (Å²) < 4.78 is 50.3. The topological polar surface area (TPSA) is 111 Å². The van der Waals surface area contributed by atoms with Crippen molar-refractivity contribution in [1.29, 1.82) is 0 Å². The van der Waals surface area contributed by atoms with Gasteiger partial charge in [0, 0.05) is 24.8 Å². The number of aromatic nitrogens is 3. The van der Waals surface area contributed by atoms with Crippen molar-refractivity contribution in [2.75, 3.05) is 12.8 Å². The maximum atomic E-state index is 13.0. The van der Waals surface area contributed by atoms with Gasteiger partial charge in [0.2, 0.25) is 0 Å². The zero-order valence-corrected chi connectivity index (χ0v) is 16.2. The molecule has 152 valence electrons. The van der Waals surface area contributed by atoms with Gasteiger partial charge in [-0.1, -0.05) is 24.3 Å². The van der Waals surface area contributed by atoms with Crippen LogP contribution in [-0.2, 0) is 16.3 Å². The van der Waals surface area contributed by atoms with Gasteiger partial charge >= 0.3 is 5.69 Å². The van der Waals surface area contributed by atoms with Gasteiger partial charge in [-0.2, -0.15) is 13.9 Å². The van der Waals surface area contributed by atoms with Crippen LogP contribution < -0.4 is 11.4 Å². The fourth-order valence-corrected chi connectivity index (χ4v) is 3.47. The minimum absolute atomic E-state index is 0.104. The first kappa shape index (κ1) is 20.6. The zero-order chi connectivity index (χ0) is 21.2. The predicted molar refractivity (Wildman–Crippen MR) is 105 cm³/mol. The Labute approximate surface area is 165 Å². The molecular formula is C19H18F2N4O3S. The fourth-order valence-electron chi connectivity index (χ4n) is 2.84. The highest BCUT2D eigenvalue weighted by atomic mass is 32.2. The number of rotatable bonds is 6. The van der Waals surface area contributed by atoms with Crippen molar-refractivity contribution < 1.29 is 17.2 Å². The molecule has 0 saturated carbocycles. The van der Waals surface area contributed by atoms with E-state index >= 15 is 0 Å². The van der Waals surface area contributed by atoms with Crippen molar-refractivity contribution in [2.24, 2.45) is 5.73 Å². The average Bonchev–Trinajstić information content (AvgIpc) is 3.05. The Balaban J connectivity index is 2.02. The van der Waals surface area contributed by atoms with Gasteiger partial charge in [0.1, 0.15) is 5.82 Å². The van der Waals surface area contributed by atoms with Crippen LogP contribution in [0.4, 0.5) is 8.78 Å². The number of sulfone groups is 1. The van der Waals surface area contributed by atoms with Crippen molar-refractivity contribution in [2.45, 2.75) is 11.3 Å². The highest BCUT2D eigenvalue weighted by Gasteiger charge is 2.15. The second kappa shape index (κ2) is 8.10. The van der Waals surface area contributed by atoms with Crippen molar-refractivity contribution >= 4 is 9.84 Å². The van der Waals surface area contributed by atoms with E-state index in [1.165, 1.54) is 16.7 Å². The molecule has 0 aliphatic heterocycles. The molecule has 10 heteroatoms. The van der Waals surface area contributed by atoms with Crippen LogP contribution >= 0.6 is 0 Å². The van der Waals surface area contributed by atoms with E-state index in [0.717, 1.165) is 11.8 Å². The first-order chi connectivity index (χ1) is 13.7. The molecule has 3 N–H and O–H groups in total. The SMILES string of the molecule is CS(=O)(=O)c1ccc(-c2cccc(-n3c(CC(CN)=C(F)F)n[nH]c3=O)c2)cc1. The third-order valence-corrected chi connectivity index (χ3v) is 5.48. The lowest BCUT2D eigenvalue weighted by Gasteiger charge is -2.09. The van der Waals surface area contributed by atoms with Crippen molar-refractivity contribution in [3.63, 3.8) is 0 Å². The number of aromatic amines is 1. The van der Waals surface area contributed by atoms with E-state index in [2.05, 4.69) is 10.2 Å². The molecule has 1 heterocycles. The Morgan fingerprint density at radius 2 is 1.83 bits per heavy atom. The predicted octanol–water partition coefficient (Wildman–Crippen LogP) is 2.28. The molecule has 0 aliphatic rings. The molecule has 0 radical (unpaired) electrons. The smallest absolute Gasteiger partial charge is 0.327 e. The molecule has 3 rings (SSSR count). The second-order valence-corrected chi connectivity index (χ2v) is 8.39. The maximum Gasteiger partial charge on any atom is 0.347 e. The van der Waals surface area contributed by atoms with Gasteiger partial charge in [0.25, 0.3) is 6.08 Å². The Kier molecular flexibility index (Phi) is 5.76. The molecule has 7 nitrogen and oxygen atoms in total. The summed E-state index contributed by atoms with van der Waals surface area (Å²) in [6.45, 7) is -0.351. The normalized spacial score (nSPS) is 11.4. The second-order valence-electron chi connectivity index (χ2n) is 6.37. The van der Waals surface area contributed by atoms with Crippen LogP contribution in [-0.4, -0.2) is 36.0 Å². The van der Waals surface area contributed by atoms with Gasteiger partial charge in [-0.15, -0.1) is 0 Å². The number of nitrogens with two attached hydrogens (primary N) is 1. The van der Waals surface area contributed by atoms with Gasteiger partial charge in [-0.05, 0) is 35.4 Å². The lowest BCUT2D eigenvalue weighted by atomic mass is 10.1. The van der Waals surface area contributed by atoms with Crippen LogP contribution in [0.25, 0.3) is 16.8 Å². The first-order valence-electron chi connectivity index (χ1n) is 8.51. The number of hydrogen-bond acceptors (Lipinski definition) is 5. The van der Waals surface area contributed by atoms with E-state index < -0.39 is 21.6 Å². The summed E-state index contributed by atoms with van der Waals surface area (Å²) in [5.41, 5.74) is 6.35. The standard InChI is InChI=1S/C19H18F2N4O3S/c1-29(27,28)16-7-5-12(6-8-16)13-3-2-4-15(9-13)25-17(23-24-19(25)26)10-14(11-22)18(20)21/h2-9H,10-11,22H2,1H3,(H,24,26). The summed E-state index contributed by atoms with van der Waals surface area (Å²) in [5.74, 6) is 0.104. The van der Waals surface area contributed by atoms with E-state index in [1.54, 1.807) is 36.4 Å². The number of H-pyrrole nitrogens is 1. The van der Waals surface area contributed by atoms with Crippen LogP contribution in [0.3, 0.4) is 0 Å². The zero-order valence-electron chi connectivity index (χ0n) is 15.4. The molecule has 2 aromatic carbocycles. The molecular weight excluding hydrogens is 402 g/mol. The Hall–Kier alpha value is -3.11. The Morgan fingerprint density at radius 3 is 2.41 bits per heavy atom. The van der Waals surface area contributed by atoms with Gasteiger partial charge < -0.3 is 5.73 Å². The minimum atomic E-state index is -3.31. The monoisotopic (exact) mass is 420 g/mol. The number of nitrogens with one attached hydrogen (secondary N) is 1. The third-order valence-electron chi connectivity index (χ3n) is 4.35. The lowest BCUT2D eigenvalue weighted by Crippen LogP contribution is -2.18. The molecule has 0 bridgehead atoms. The largest absolute Gasteiger partial charge is 0.347 e. The minimum Gasteiger partial charge on any atom is -0.327 e. The van der Waals surface area contributed by atoms with Gasteiger partial charge in [-0.3, -0.25) is 0 Å². The number of benzene rings is 2. The summed E-state index contributed by atoms with van der Waals surface area (Å²) in [5, 5.41) is 6.11. The van der Waals surface area contributed by atoms with Crippen LogP contribution in [0, 0.1) is 0 Å². The highest BCUT2D eigenvalue weighted by Crippen LogP contribution is 2.24. The first-order valence-corrected chi connectivity index (χ1v) is 10.4. The number of nitrogens with zero attached hydrogens (tertiary/aromatic N) is 2. The van der Waals surface area contributed by atoms with E-state index in [1.807, 2.05) is 0 Å². The van der Waals surface area contributed by atoms with Crippen LogP contribution in [0.5, 0.6) is 0 Å². The summed E-state index contributed by atoms with van der Waals surface area (Å²) in [6, 6.07) is 13.1. The van der Waals surface area contributed by atoms with Crippen LogP contribution in [0.1, 0.15) is 5.82 Å². The third kappa shape index (κ3) is 4.49. The summed E-state index contributed by atoms with van der Waals surface area (Å²) >= 11 is 0. The lowest BCUT2D eigenvalue weighted by molar-refractivity contribution is 0.407. The van der Waals surface area contributed by atoms with Gasteiger partial charge in [0.05, 0.1) is 10.6 Å². The maximum absolute atomic E-state index is 13.0. The van der Waals surface area contributed by atoms with E-state index in [9.17, 15) is 22.0 Å². The molecule has 0 aliphatic carbocycles. The van der Waals surface area contributed by atoms with E-state index in [4.69, 9.17) is 5.73 Å². The van der Waals surface area contributed by atoms with E-state index in [-0.39, 0.29) is 29.3 Å². The molecule has 0 spiro atoms. The van der Waals surface area contributed by atoms with Crippen molar-refractivity contribution in [3.05, 3.63) is 76.5 Å².